The van der Waals surface area contributed by atoms with Crippen LogP contribution in [0.4, 0.5) is 13.2 Å². The van der Waals surface area contributed by atoms with Crippen LogP contribution in [0.2, 0.25) is 0 Å². The summed E-state index contributed by atoms with van der Waals surface area (Å²) in [4.78, 5) is 4.04. The van der Waals surface area contributed by atoms with Crippen molar-refractivity contribution in [3.05, 3.63) is 46.7 Å². The van der Waals surface area contributed by atoms with E-state index in [-0.39, 0.29) is 11.3 Å². The Balaban J connectivity index is 3.54. The summed E-state index contributed by atoms with van der Waals surface area (Å²) in [5.41, 5.74) is 2.15. The summed E-state index contributed by atoms with van der Waals surface area (Å²) in [5.74, 6) is 5.13. The molecule has 0 amide bonds. The maximum Gasteiger partial charge on any atom is 0.416 e. The third kappa shape index (κ3) is 4.46. The second-order valence-corrected chi connectivity index (χ2v) is 4.22. The monoisotopic (exact) mass is 308 g/mol. The second kappa shape index (κ2) is 7.43. The van der Waals surface area contributed by atoms with Crippen LogP contribution in [0.15, 0.2) is 35.0 Å². The van der Waals surface area contributed by atoms with E-state index in [0.717, 1.165) is 12.1 Å². The van der Waals surface area contributed by atoms with Crippen molar-refractivity contribution in [2.24, 2.45) is 10.8 Å². The van der Waals surface area contributed by atoms with Crippen molar-refractivity contribution >= 4 is 18.0 Å². The van der Waals surface area contributed by atoms with Crippen molar-refractivity contribution in [3.63, 3.8) is 0 Å². The standard InChI is InChI=1S/C15H15F3N4/c1-3-14(21-4-2)11-5-10(7-13(9-19)22-20)6-12(8-11)15(16,17)18/h3-8,22H,20H2,1-2H3/b13-7+,14-3-,21-4?. The molecular weight excluding hydrogens is 293 g/mol. The van der Waals surface area contributed by atoms with E-state index in [1.165, 1.54) is 18.4 Å². The number of rotatable bonds is 4. The number of nitrogens with two attached hydrogens (primary N) is 1. The molecule has 0 fully saturated rings. The van der Waals surface area contributed by atoms with Crippen molar-refractivity contribution in [2.75, 3.05) is 0 Å². The Labute approximate surface area is 126 Å². The molecule has 1 aromatic rings. The molecule has 3 N–H and O–H groups in total. The summed E-state index contributed by atoms with van der Waals surface area (Å²) in [7, 11) is 0. The number of hydrogen-bond acceptors (Lipinski definition) is 4. The Morgan fingerprint density at radius 2 is 2.00 bits per heavy atom. The topological polar surface area (TPSA) is 74.2 Å². The van der Waals surface area contributed by atoms with Gasteiger partial charge in [0.2, 0.25) is 0 Å². The van der Waals surface area contributed by atoms with Crippen LogP contribution in [-0.4, -0.2) is 6.21 Å². The van der Waals surface area contributed by atoms with Gasteiger partial charge in [-0.3, -0.25) is 4.99 Å². The van der Waals surface area contributed by atoms with Gasteiger partial charge in [0.05, 0.1) is 11.3 Å². The average Bonchev–Trinajstić information content (AvgIpc) is 2.49. The van der Waals surface area contributed by atoms with E-state index in [1.807, 2.05) is 0 Å². The van der Waals surface area contributed by atoms with Gasteiger partial charge in [-0.1, -0.05) is 6.08 Å². The molecule has 0 aromatic heterocycles. The van der Waals surface area contributed by atoms with Crippen molar-refractivity contribution < 1.29 is 13.2 Å². The van der Waals surface area contributed by atoms with E-state index >= 15 is 0 Å². The quantitative estimate of drug-likeness (QED) is 0.387. The van der Waals surface area contributed by atoms with E-state index in [2.05, 4.69) is 10.4 Å². The van der Waals surface area contributed by atoms with Crippen LogP contribution in [0.1, 0.15) is 30.5 Å². The Morgan fingerprint density at radius 3 is 2.45 bits per heavy atom. The number of alkyl halides is 3. The first kappa shape index (κ1) is 17.5. The summed E-state index contributed by atoms with van der Waals surface area (Å²) in [6.07, 6.45) is -0.166. The van der Waals surface area contributed by atoms with E-state index in [4.69, 9.17) is 11.1 Å². The maximum absolute atomic E-state index is 13.0. The Hall–Kier alpha value is -2.59. The minimum absolute atomic E-state index is 0.0497. The van der Waals surface area contributed by atoms with E-state index in [0.29, 0.717) is 11.3 Å². The number of hydrazine groups is 1. The van der Waals surface area contributed by atoms with Crippen LogP contribution >= 0.6 is 0 Å². The summed E-state index contributed by atoms with van der Waals surface area (Å²) < 4.78 is 39.1. The number of aliphatic imine (C=N–C) groups is 1. The summed E-state index contributed by atoms with van der Waals surface area (Å²) >= 11 is 0. The van der Waals surface area contributed by atoms with Crippen LogP contribution in [0.25, 0.3) is 11.8 Å². The molecule has 0 saturated heterocycles. The van der Waals surface area contributed by atoms with Gasteiger partial charge in [0.25, 0.3) is 0 Å². The van der Waals surface area contributed by atoms with Crippen LogP contribution in [0.5, 0.6) is 0 Å². The molecule has 0 saturated carbocycles. The lowest BCUT2D eigenvalue weighted by Crippen LogP contribution is -2.19. The molecule has 0 radical (unpaired) electrons. The molecule has 0 aliphatic rings. The average molecular weight is 308 g/mol. The van der Waals surface area contributed by atoms with Crippen molar-refractivity contribution in [3.8, 4) is 6.07 Å². The van der Waals surface area contributed by atoms with E-state index < -0.39 is 11.7 Å². The molecule has 0 atom stereocenters. The SMILES string of the molecule is CC=N/C(=C\C)c1cc(/C=C(\C#N)NN)cc(C(F)(F)F)c1. The highest BCUT2D eigenvalue weighted by atomic mass is 19.4. The molecule has 0 bridgehead atoms. The molecule has 1 aromatic carbocycles. The molecule has 0 aliphatic heterocycles. The number of benzene rings is 1. The molecule has 7 heteroatoms. The van der Waals surface area contributed by atoms with Gasteiger partial charge in [0.15, 0.2) is 0 Å². The number of allylic oxidation sites excluding steroid dienone is 2. The Morgan fingerprint density at radius 1 is 1.32 bits per heavy atom. The summed E-state index contributed by atoms with van der Waals surface area (Å²) in [6, 6.07) is 5.21. The zero-order valence-corrected chi connectivity index (χ0v) is 12.1. The van der Waals surface area contributed by atoms with Crippen LogP contribution in [0.3, 0.4) is 0 Å². The predicted molar refractivity (Wildman–Crippen MR) is 80.2 cm³/mol. The lowest BCUT2D eigenvalue weighted by atomic mass is 10.0. The number of halogens is 3. The van der Waals surface area contributed by atoms with E-state index in [9.17, 15) is 13.2 Å². The summed E-state index contributed by atoms with van der Waals surface area (Å²) in [5, 5.41) is 8.81. The second-order valence-electron chi connectivity index (χ2n) is 4.22. The lowest BCUT2D eigenvalue weighted by Gasteiger charge is -2.11. The first-order valence-electron chi connectivity index (χ1n) is 6.31. The molecule has 0 heterocycles. The molecule has 0 spiro atoms. The smallest absolute Gasteiger partial charge is 0.315 e. The molecule has 4 nitrogen and oxygen atoms in total. The molecule has 116 valence electrons. The van der Waals surface area contributed by atoms with Gasteiger partial charge < -0.3 is 5.43 Å². The fraction of sp³-hybridized carbons (Fsp3) is 0.200. The predicted octanol–water partition coefficient (Wildman–Crippen LogP) is 3.48. The lowest BCUT2D eigenvalue weighted by molar-refractivity contribution is -0.137. The van der Waals surface area contributed by atoms with Gasteiger partial charge in [-0.15, -0.1) is 0 Å². The third-order valence-corrected chi connectivity index (χ3v) is 2.71. The number of hydrogen-bond donors (Lipinski definition) is 2. The first-order chi connectivity index (χ1) is 10.3. The fourth-order valence-corrected chi connectivity index (χ4v) is 1.77. The highest BCUT2D eigenvalue weighted by molar-refractivity contribution is 5.74. The van der Waals surface area contributed by atoms with E-state index in [1.54, 1.807) is 26.0 Å². The minimum atomic E-state index is -4.50. The number of nitrogens with one attached hydrogen (secondary N) is 1. The van der Waals surface area contributed by atoms with Gasteiger partial charge in [-0.2, -0.15) is 18.4 Å². The maximum atomic E-state index is 13.0. The van der Waals surface area contributed by atoms with Crippen LogP contribution in [0, 0.1) is 11.3 Å². The van der Waals surface area contributed by atoms with Gasteiger partial charge >= 0.3 is 6.18 Å². The van der Waals surface area contributed by atoms with Crippen LogP contribution < -0.4 is 11.3 Å². The molecular formula is C15H15F3N4. The third-order valence-electron chi connectivity index (χ3n) is 2.71. The fourth-order valence-electron chi connectivity index (χ4n) is 1.77. The summed E-state index contributed by atoms with van der Waals surface area (Å²) in [6.45, 7) is 3.35. The molecule has 0 unspecified atom stereocenters. The van der Waals surface area contributed by atoms with Gasteiger partial charge in [0, 0.05) is 11.8 Å². The highest BCUT2D eigenvalue weighted by Gasteiger charge is 2.31. The number of nitriles is 1. The van der Waals surface area contributed by atoms with Gasteiger partial charge in [0.1, 0.15) is 11.8 Å². The van der Waals surface area contributed by atoms with Gasteiger partial charge in [-0.25, -0.2) is 5.84 Å². The Bertz CT molecular complexity index is 664. The van der Waals surface area contributed by atoms with Crippen molar-refractivity contribution in [2.45, 2.75) is 20.0 Å². The molecule has 1 rings (SSSR count). The largest absolute Gasteiger partial charge is 0.416 e. The highest BCUT2D eigenvalue weighted by Crippen LogP contribution is 2.33. The van der Waals surface area contributed by atoms with Crippen molar-refractivity contribution in [1.29, 1.82) is 5.26 Å². The zero-order chi connectivity index (χ0) is 16.8. The normalized spacial score (nSPS) is 13.3. The van der Waals surface area contributed by atoms with Crippen LogP contribution in [-0.2, 0) is 6.18 Å². The molecule has 22 heavy (non-hydrogen) atoms. The van der Waals surface area contributed by atoms with Crippen molar-refractivity contribution in [1.82, 2.24) is 5.43 Å². The zero-order valence-electron chi connectivity index (χ0n) is 12.1. The number of nitrogens with zero attached hydrogens (tertiary/aromatic N) is 2. The Kier molecular flexibility index (Phi) is 5.90. The van der Waals surface area contributed by atoms with Gasteiger partial charge in [-0.05, 0) is 43.7 Å². The molecule has 0 aliphatic carbocycles. The first-order valence-corrected chi connectivity index (χ1v) is 6.31. The minimum Gasteiger partial charge on any atom is -0.315 e.